The SMILES string of the molecule is C=C(C)COc1ccccc1[C@@H]1CC(=O)Oc2ccc3c(c21)O/C(=C\c1cc(OC)c(OC)cc1OC)C3=O. The summed E-state index contributed by atoms with van der Waals surface area (Å²) in [4.78, 5) is 26.1. The number of para-hydroxylation sites is 1. The van der Waals surface area contributed by atoms with Gasteiger partial charge in [0, 0.05) is 28.7 Å². The van der Waals surface area contributed by atoms with Crippen molar-refractivity contribution >= 4 is 17.8 Å². The van der Waals surface area contributed by atoms with Crippen LogP contribution in [0.1, 0.15) is 46.3 Å². The largest absolute Gasteiger partial charge is 0.496 e. The van der Waals surface area contributed by atoms with Gasteiger partial charge in [-0.1, -0.05) is 24.8 Å². The number of ether oxygens (including phenoxy) is 6. The average molecular weight is 529 g/mol. The number of esters is 1. The van der Waals surface area contributed by atoms with Gasteiger partial charge in [0.15, 0.2) is 17.3 Å². The summed E-state index contributed by atoms with van der Waals surface area (Å²) in [5.74, 6) is 1.76. The Labute approximate surface area is 226 Å². The van der Waals surface area contributed by atoms with Crippen LogP contribution in [0.4, 0.5) is 0 Å². The van der Waals surface area contributed by atoms with Gasteiger partial charge in [0.05, 0.1) is 33.3 Å². The zero-order valence-electron chi connectivity index (χ0n) is 22.2. The van der Waals surface area contributed by atoms with Crippen molar-refractivity contribution in [1.82, 2.24) is 0 Å². The number of methoxy groups -OCH3 is 3. The van der Waals surface area contributed by atoms with Gasteiger partial charge in [-0.15, -0.1) is 0 Å². The Kier molecular flexibility index (Phi) is 7.02. The Morgan fingerprint density at radius 2 is 1.67 bits per heavy atom. The van der Waals surface area contributed by atoms with E-state index < -0.39 is 5.92 Å². The van der Waals surface area contributed by atoms with E-state index in [4.69, 9.17) is 28.4 Å². The van der Waals surface area contributed by atoms with Gasteiger partial charge >= 0.3 is 5.97 Å². The molecule has 0 saturated carbocycles. The summed E-state index contributed by atoms with van der Waals surface area (Å²) in [6, 6.07) is 14.1. The van der Waals surface area contributed by atoms with Crippen molar-refractivity contribution in [3.8, 4) is 34.5 Å². The highest BCUT2D eigenvalue weighted by atomic mass is 16.5. The number of rotatable bonds is 8. The molecule has 0 bridgehead atoms. The highest BCUT2D eigenvalue weighted by Crippen LogP contribution is 2.50. The molecule has 1 atom stereocenters. The number of carbonyl (C=O) groups is 2. The molecule has 5 rings (SSSR count). The number of hydrogen-bond acceptors (Lipinski definition) is 8. The van der Waals surface area contributed by atoms with E-state index in [1.165, 1.54) is 21.3 Å². The van der Waals surface area contributed by atoms with Gasteiger partial charge in [-0.05, 0) is 42.8 Å². The molecule has 0 N–H and O–H groups in total. The van der Waals surface area contributed by atoms with E-state index in [2.05, 4.69) is 6.58 Å². The summed E-state index contributed by atoms with van der Waals surface area (Å²) in [5, 5.41) is 0. The molecule has 8 nitrogen and oxygen atoms in total. The van der Waals surface area contributed by atoms with Crippen molar-refractivity contribution in [1.29, 1.82) is 0 Å². The topological polar surface area (TPSA) is 89.5 Å². The van der Waals surface area contributed by atoms with E-state index in [1.807, 2.05) is 31.2 Å². The van der Waals surface area contributed by atoms with Crippen LogP contribution in [0.25, 0.3) is 6.08 Å². The smallest absolute Gasteiger partial charge is 0.312 e. The molecule has 8 heteroatoms. The first kappa shape index (κ1) is 25.9. The number of Topliss-reactive ketones (excluding diaryl/α,β-unsaturated/α-hetero) is 1. The third kappa shape index (κ3) is 4.81. The summed E-state index contributed by atoms with van der Waals surface area (Å²) >= 11 is 0. The molecule has 0 spiro atoms. The first-order valence-corrected chi connectivity index (χ1v) is 12.3. The zero-order valence-corrected chi connectivity index (χ0v) is 22.2. The van der Waals surface area contributed by atoms with Crippen LogP contribution >= 0.6 is 0 Å². The minimum atomic E-state index is -0.444. The van der Waals surface area contributed by atoms with Crippen molar-refractivity contribution in [3.05, 3.63) is 88.7 Å². The molecule has 2 heterocycles. The summed E-state index contributed by atoms with van der Waals surface area (Å²) in [6.07, 6.45) is 1.67. The maximum absolute atomic E-state index is 13.5. The molecule has 0 amide bonds. The summed E-state index contributed by atoms with van der Waals surface area (Å²) in [5.41, 5.74) is 3.22. The number of ketones is 1. The number of benzene rings is 3. The molecule has 0 radical (unpaired) electrons. The van der Waals surface area contributed by atoms with E-state index in [-0.39, 0.29) is 23.9 Å². The van der Waals surface area contributed by atoms with Gasteiger partial charge in [0.25, 0.3) is 0 Å². The van der Waals surface area contributed by atoms with Crippen molar-refractivity contribution < 1.29 is 38.0 Å². The van der Waals surface area contributed by atoms with Gasteiger partial charge in [-0.25, -0.2) is 0 Å². The predicted molar refractivity (Wildman–Crippen MR) is 144 cm³/mol. The average Bonchev–Trinajstić information content (AvgIpc) is 3.25. The van der Waals surface area contributed by atoms with Crippen LogP contribution in [0.3, 0.4) is 0 Å². The molecule has 2 aliphatic heterocycles. The van der Waals surface area contributed by atoms with Gasteiger partial charge in [-0.2, -0.15) is 0 Å². The van der Waals surface area contributed by atoms with Crippen LogP contribution in [-0.4, -0.2) is 39.7 Å². The van der Waals surface area contributed by atoms with E-state index >= 15 is 0 Å². The van der Waals surface area contributed by atoms with E-state index in [0.29, 0.717) is 57.8 Å². The maximum atomic E-state index is 13.5. The van der Waals surface area contributed by atoms with E-state index in [0.717, 1.165) is 11.1 Å². The fourth-order valence-corrected chi connectivity index (χ4v) is 4.78. The highest BCUT2D eigenvalue weighted by molar-refractivity contribution is 6.15. The lowest BCUT2D eigenvalue weighted by atomic mass is 9.84. The van der Waals surface area contributed by atoms with Crippen molar-refractivity contribution in [3.63, 3.8) is 0 Å². The van der Waals surface area contributed by atoms with Gasteiger partial charge < -0.3 is 28.4 Å². The van der Waals surface area contributed by atoms with E-state index in [9.17, 15) is 9.59 Å². The Morgan fingerprint density at radius 3 is 2.38 bits per heavy atom. The molecular weight excluding hydrogens is 500 g/mol. The lowest BCUT2D eigenvalue weighted by Gasteiger charge is -2.27. The second kappa shape index (κ2) is 10.6. The van der Waals surface area contributed by atoms with Crippen LogP contribution in [-0.2, 0) is 4.79 Å². The van der Waals surface area contributed by atoms with Crippen LogP contribution in [0.5, 0.6) is 34.5 Å². The normalized spacial score (nSPS) is 16.6. The Morgan fingerprint density at radius 1 is 0.949 bits per heavy atom. The zero-order chi connectivity index (χ0) is 27.7. The maximum Gasteiger partial charge on any atom is 0.312 e. The van der Waals surface area contributed by atoms with Gasteiger partial charge in [-0.3, -0.25) is 9.59 Å². The third-order valence-electron chi connectivity index (χ3n) is 6.57. The predicted octanol–water partition coefficient (Wildman–Crippen LogP) is 5.72. The molecule has 3 aromatic carbocycles. The molecule has 0 aromatic heterocycles. The van der Waals surface area contributed by atoms with Crippen molar-refractivity contribution in [2.45, 2.75) is 19.3 Å². The Hall–Kier alpha value is -4.72. The van der Waals surface area contributed by atoms with Crippen LogP contribution in [0.15, 0.2) is 66.4 Å². The van der Waals surface area contributed by atoms with E-state index in [1.54, 1.807) is 30.3 Å². The lowest BCUT2D eigenvalue weighted by molar-refractivity contribution is -0.135. The third-order valence-corrected chi connectivity index (χ3v) is 6.57. The summed E-state index contributed by atoms with van der Waals surface area (Å²) in [7, 11) is 4.59. The van der Waals surface area contributed by atoms with Crippen LogP contribution in [0.2, 0.25) is 0 Å². The fourth-order valence-electron chi connectivity index (χ4n) is 4.78. The summed E-state index contributed by atoms with van der Waals surface area (Å²) < 4.78 is 34.1. The van der Waals surface area contributed by atoms with Crippen LogP contribution < -0.4 is 28.4 Å². The lowest BCUT2D eigenvalue weighted by Crippen LogP contribution is -2.22. The molecule has 3 aromatic rings. The molecule has 0 unspecified atom stereocenters. The van der Waals surface area contributed by atoms with Crippen molar-refractivity contribution in [2.75, 3.05) is 27.9 Å². The standard InChI is InChI=1S/C31H28O8/c1-17(2)16-37-22-9-7-6-8-19(22)21-14-28(32)38-23-11-10-20-30(33)27(39-31(20)29(21)23)13-18-12-25(35-4)26(36-5)15-24(18)34-3/h6-13,15,21H,1,14,16H2,2-5H3/b27-13-/t21-/m0/s1. The molecule has 0 aliphatic carbocycles. The van der Waals surface area contributed by atoms with Crippen molar-refractivity contribution in [2.24, 2.45) is 0 Å². The number of allylic oxidation sites excluding steroid dienone is 1. The minimum absolute atomic E-state index is 0.0665. The Bertz CT molecular complexity index is 1520. The molecule has 200 valence electrons. The fraction of sp³-hybridized carbons (Fsp3) is 0.226. The van der Waals surface area contributed by atoms with Crippen LogP contribution in [0, 0.1) is 0 Å². The summed E-state index contributed by atoms with van der Waals surface area (Å²) in [6.45, 7) is 6.12. The monoisotopic (exact) mass is 528 g/mol. The molecule has 0 fully saturated rings. The molecular formula is C31H28O8. The molecule has 2 aliphatic rings. The highest BCUT2D eigenvalue weighted by Gasteiger charge is 2.39. The minimum Gasteiger partial charge on any atom is -0.496 e. The molecule has 0 saturated heterocycles. The first-order chi connectivity index (χ1) is 18.8. The number of fused-ring (bicyclic) bond motifs is 3. The van der Waals surface area contributed by atoms with Gasteiger partial charge in [0.1, 0.15) is 29.6 Å². The number of hydrogen-bond donors (Lipinski definition) is 0. The molecule has 39 heavy (non-hydrogen) atoms. The Balaban J connectivity index is 1.60. The second-order valence-electron chi connectivity index (χ2n) is 9.26. The quantitative estimate of drug-likeness (QED) is 0.159. The number of carbonyl (C=O) groups excluding carboxylic acids is 2. The van der Waals surface area contributed by atoms with Gasteiger partial charge in [0.2, 0.25) is 5.78 Å². The first-order valence-electron chi connectivity index (χ1n) is 12.3. The second-order valence-corrected chi connectivity index (χ2v) is 9.26.